The Morgan fingerprint density at radius 1 is 1.53 bits per heavy atom. The Labute approximate surface area is 102 Å². The van der Waals surface area contributed by atoms with E-state index in [9.17, 15) is 13.2 Å². The van der Waals surface area contributed by atoms with Crippen molar-refractivity contribution in [2.24, 2.45) is 10.6 Å². The number of rotatable bonds is 4. The van der Waals surface area contributed by atoms with E-state index in [0.717, 1.165) is 19.4 Å². The molecule has 1 unspecified atom stereocenters. The van der Waals surface area contributed by atoms with Crippen molar-refractivity contribution in [1.82, 2.24) is 10.6 Å². The van der Waals surface area contributed by atoms with Gasteiger partial charge in [0.1, 0.15) is 0 Å². The summed E-state index contributed by atoms with van der Waals surface area (Å²) in [5.74, 6) is -0.385. The Hall–Kier alpha value is -0.660. The number of sulfonamides is 1. The normalized spacial score (nSPS) is 24.3. The van der Waals surface area contributed by atoms with Crippen LogP contribution in [-0.2, 0) is 14.8 Å². The number of carbonyl (C=O) groups is 1. The molecule has 1 atom stereocenters. The van der Waals surface area contributed by atoms with Crippen molar-refractivity contribution in [3.8, 4) is 0 Å². The van der Waals surface area contributed by atoms with E-state index < -0.39 is 10.0 Å². The summed E-state index contributed by atoms with van der Waals surface area (Å²) in [7, 11) is -3.51. The molecule has 1 amide bonds. The Kier molecular flexibility index (Phi) is 4.51. The average molecular weight is 263 g/mol. The maximum absolute atomic E-state index is 11.9. The Morgan fingerprint density at radius 3 is 2.71 bits per heavy atom. The first kappa shape index (κ1) is 14.4. The van der Waals surface area contributed by atoms with E-state index in [-0.39, 0.29) is 29.7 Å². The van der Waals surface area contributed by atoms with Gasteiger partial charge < -0.3 is 10.6 Å². The van der Waals surface area contributed by atoms with Gasteiger partial charge in [-0.2, -0.15) is 0 Å². The topological polar surface area (TPSA) is 101 Å². The predicted octanol–water partition coefficient (Wildman–Crippen LogP) is -0.831. The highest BCUT2D eigenvalue weighted by atomic mass is 32.2. The number of carbonyl (C=O) groups excluding carboxylic acids is 1. The van der Waals surface area contributed by atoms with Crippen LogP contribution in [0.15, 0.2) is 0 Å². The monoisotopic (exact) mass is 263 g/mol. The number of hydrogen-bond donors (Lipinski definition) is 3. The first-order valence-electron chi connectivity index (χ1n) is 5.74. The van der Waals surface area contributed by atoms with Gasteiger partial charge in [0.2, 0.25) is 15.9 Å². The van der Waals surface area contributed by atoms with Gasteiger partial charge in [-0.3, -0.25) is 4.79 Å². The van der Waals surface area contributed by atoms with Gasteiger partial charge in [0.25, 0.3) is 0 Å². The summed E-state index contributed by atoms with van der Waals surface area (Å²) < 4.78 is 21.5. The van der Waals surface area contributed by atoms with Crippen LogP contribution in [0.2, 0.25) is 0 Å². The fourth-order valence-electron chi connectivity index (χ4n) is 2.08. The zero-order chi connectivity index (χ0) is 13.1. The van der Waals surface area contributed by atoms with Crippen LogP contribution in [0.3, 0.4) is 0 Å². The molecule has 0 radical (unpaired) electrons. The minimum Gasteiger partial charge on any atom is -0.354 e. The van der Waals surface area contributed by atoms with E-state index in [2.05, 4.69) is 10.6 Å². The van der Waals surface area contributed by atoms with Crippen molar-refractivity contribution in [3.63, 3.8) is 0 Å². The van der Waals surface area contributed by atoms with Gasteiger partial charge in [-0.25, -0.2) is 13.6 Å². The van der Waals surface area contributed by atoms with Gasteiger partial charge in [-0.15, -0.1) is 0 Å². The fraction of sp³-hybridized carbons (Fsp3) is 0.900. The van der Waals surface area contributed by atoms with Gasteiger partial charge in [0, 0.05) is 6.54 Å². The van der Waals surface area contributed by atoms with Crippen molar-refractivity contribution in [2.45, 2.75) is 32.7 Å². The number of amides is 1. The molecule has 1 rings (SSSR count). The summed E-state index contributed by atoms with van der Waals surface area (Å²) in [6.45, 7) is 4.94. The fourth-order valence-corrected chi connectivity index (χ4v) is 2.46. The van der Waals surface area contributed by atoms with Crippen molar-refractivity contribution >= 4 is 15.9 Å². The molecule has 1 saturated heterocycles. The van der Waals surface area contributed by atoms with Crippen molar-refractivity contribution in [1.29, 1.82) is 0 Å². The minimum absolute atomic E-state index is 0.0614. The molecule has 1 heterocycles. The van der Waals surface area contributed by atoms with E-state index >= 15 is 0 Å². The third-order valence-corrected chi connectivity index (χ3v) is 3.85. The van der Waals surface area contributed by atoms with E-state index in [0.29, 0.717) is 0 Å². The molecule has 0 aliphatic carbocycles. The van der Waals surface area contributed by atoms with Crippen LogP contribution in [-0.4, -0.2) is 39.2 Å². The summed E-state index contributed by atoms with van der Waals surface area (Å²) in [6.07, 6.45) is 2.03. The summed E-state index contributed by atoms with van der Waals surface area (Å²) in [4.78, 5) is 11.9. The highest BCUT2D eigenvalue weighted by molar-refractivity contribution is 7.89. The third kappa shape index (κ3) is 4.61. The van der Waals surface area contributed by atoms with Gasteiger partial charge in [-0.05, 0) is 24.8 Å². The molecule has 17 heavy (non-hydrogen) atoms. The van der Waals surface area contributed by atoms with Crippen LogP contribution in [0.25, 0.3) is 0 Å². The van der Waals surface area contributed by atoms with E-state index in [1.165, 1.54) is 0 Å². The van der Waals surface area contributed by atoms with Gasteiger partial charge in [-0.1, -0.05) is 13.8 Å². The summed E-state index contributed by atoms with van der Waals surface area (Å²) in [5, 5.41) is 10.6. The quantitative estimate of drug-likeness (QED) is 0.616. The molecule has 1 aliphatic rings. The predicted molar refractivity (Wildman–Crippen MR) is 65.8 cm³/mol. The minimum atomic E-state index is -3.51. The lowest BCUT2D eigenvalue weighted by molar-refractivity contribution is -0.126. The number of primary sulfonamides is 1. The summed E-state index contributed by atoms with van der Waals surface area (Å²) in [6, 6.07) is -0.267. The van der Waals surface area contributed by atoms with E-state index in [1.807, 2.05) is 13.8 Å². The SMILES string of the molecule is CC1(C)CCCNC1C(=O)NCCS(N)(=O)=O. The Balaban J connectivity index is 2.47. The molecule has 0 bridgehead atoms. The Morgan fingerprint density at radius 2 is 2.18 bits per heavy atom. The lowest BCUT2D eigenvalue weighted by Crippen LogP contribution is -2.56. The van der Waals surface area contributed by atoms with Crippen LogP contribution < -0.4 is 15.8 Å². The smallest absolute Gasteiger partial charge is 0.237 e. The summed E-state index contributed by atoms with van der Waals surface area (Å²) >= 11 is 0. The number of nitrogens with one attached hydrogen (secondary N) is 2. The second kappa shape index (κ2) is 5.32. The molecule has 0 aromatic carbocycles. The Bertz CT molecular complexity index is 378. The maximum Gasteiger partial charge on any atom is 0.237 e. The lowest BCUT2D eigenvalue weighted by atomic mass is 9.77. The van der Waals surface area contributed by atoms with Crippen LogP contribution in [0.1, 0.15) is 26.7 Å². The van der Waals surface area contributed by atoms with Crippen LogP contribution in [0.5, 0.6) is 0 Å². The maximum atomic E-state index is 11.9. The molecule has 6 nitrogen and oxygen atoms in total. The van der Waals surface area contributed by atoms with E-state index in [1.54, 1.807) is 0 Å². The molecule has 4 N–H and O–H groups in total. The molecular formula is C10H21N3O3S. The summed E-state index contributed by atoms with van der Waals surface area (Å²) in [5.41, 5.74) is -0.107. The molecule has 0 aromatic heterocycles. The number of nitrogens with two attached hydrogens (primary N) is 1. The van der Waals surface area contributed by atoms with Gasteiger partial charge in [0.05, 0.1) is 11.8 Å². The molecular weight excluding hydrogens is 242 g/mol. The molecule has 0 aromatic rings. The molecule has 100 valence electrons. The standard InChI is InChI=1S/C10H21N3O3S/c1-10(2)4-3-5-12-8(10)9(14)13-6-7-17(11,15)16/h8,12H,3-7H2,1-2H3,(H,13,14)(H2,11,15,16). The molecule has 0 saturated carbocycles. The van der Waals surface area contributed by atoms with Crippen molar-refractivity contribution < 1.29 is 13.2 Å². The first-order chi connectivity index (χ1) is 7.72. The zero-order valence-corrected chi connectivity index (χ0v) is 11.1. The lowest BCUT2D eigenvalue weighted by Gasteiger charge is -2.38. The second-order valence-electron chi connectivity index (χ2n) is 5.14. The molecule has 1 fully saturated rings. The van der Waals surface area contributed by atoms with Gasteiger partial charge >= 0.3 is 0 Å². The van der Waals surface area contributed by atoms with Crippen LogP contribution >= 0.6 is 0 Å². The first-order valence-corrected chi connectivity index (χ1v) is 7.45. The van der Waals surface area contributed by atoms with Gasteiger partial charge in [0.15, 0.2) is 0 Å². The molecule has 0 spiro atoms. The highest BCUT2D eigenvalue weighted by Gasteiger charge is 2.36. The largest absolute Gasteiger partial charge is 0.354 e. The third-order valence-electron chi connectivity index (χ3n) is 3.08. The van der Waals surface area contributed by atoms with Crippen molar-refractivity contribution in [2.75, 3.05) is 18.8 Å². The molecule has 7 heteroatoms. The number of hydrogen-bond acceptors (Lipinski definition) is 4. The second-order valence-corrected chi connectivity index (χ2v) is 6.87. The van der Waals surface area contributed by atoms with Crippen LogP contribution in [0.4, 0.5) is 0 Å². The number of piperidine rings is 1. The highest BCUT2D eigenvalue weighted by Crippen LogP contribution is 2.29. The van der Waals surface area contributed by atoms with Crippen molar-refractivity contribution in [3.05, 3.63) is 0 Å². The zero-order valence-electron chi connectivity index (χ0n) is 10.3. The van der Waals surface area contributed by atoms with Crippen LogP contribution in [0, 0.1) is 5.41 Å². The molecule has 1 aliphatic heterocycles. The van der Waals surface area contributed by atoms with E-state index in [4.69, 9.17) is 5.14 Å². The average Bonchev–Trinajstić information content (AvgIpc) is 2.14.